The quantitative estimate of drug-likeness (QED) is 0.494. The van der Waals surface area contributed by atoms with Gasteiger partial charge in [-0.2, -0.15) is 0 Å². The lowest BCUT2D eigenvalue weighted by Crippen LogP contribution is -2.29. The van der Waals surface area contributed by atoms with Crippen molar-refractivity contribution in [3.8, 4) is 0 Å². The zero-order valence-corrected chi connectivity index (χ0v) is 10.7. The monoisotopic (exact) mass is 262 g/mol. The molecule has 0 aromatic heterocycles. The number of nitrogens with two attached hydrogens (primary N) is 1. The fourth-order valence-corrected chi connectivity index (χ4v) is 2.68. The van der Waals surface area contributed by atoms with Crippen molar-refractivity contribution in [2.45, 2.75) is 10.9 Å². The Bertz CT molecular complexity index is 490. The van der Waals surface area contributed by atoms with Crippen LogP contribution in [0.25, 0.3) is 0 Å². The van der Waals surface area contributed by atoms with Crippen molar-refractivity contribution < 1.29 is 4.39 Å². The second-order valence-electron chi connectivity index (χ2n) is 3.90. The van der Waals surface area contributed by atoms with Crippen LogP contribution in [0.1, 0.15) is 11.6 Å². The number of nitrogens with one attached hydrogen (secondary N) is 1. The molecule has 3 N–H and O–H groups in total. The third-order valence-corrected chi connectivity index (χ3v) is 3.70. The maximum absolute atomic E-state index is 13.0. The first-order valence-corrected chi connectivity index (χ1v) is 6.67. The standard InChI is InChI=1S/C14H15FN2S/c15-12-7-4-8-13(9-12)18-10-14(17-16)11-5-2-1-3-6-11/h1-9,14,17H,10,16H2. The summed E-state index contributed by atoms with van der Waals surface area (Å²) in [7, 11) is 0. The third-order valence-electron chi connectivity index (χ3n) is 2.62. The molecule has 2 nitrogen and oxygen atoms in total. The van der Waals surface area contributed by atoms with E-state index in [1.807, 2.05) is 36.4 Å². The lowest BCUT2D eigenvalue weighted by molar-refractivity contribution is 0.610. The number of halogens is 1. The van der Waals surface area contributed by atoms with Gasteiger partial charge >= 0.3 is 0 Å². The van der Waals surface area contributed by atoms with Crippen molar-refractivity contribution >= 4 is 11.8 Å². The van der Waals surface area contributed by atoms with Crippen molar-refractivity contribution in [1.82, 2.24) is 5.43 Å². The minimum absolute atomic E-state index is 0.0551. The van der Waals surface area contributed by atoms with E-state index in [0.29, 0.717) is 0 Å². The van der Waals surface area contributed by atoms with Crippen LogP contribution in [0, 0.1) is 5.82 Å². The van der Waals surface area contributed by atoms with Gasteiger partial charge in [-0.25, -0.2) is 4.39 Å². The first-order chi connectivity index (χ1) is 8.79. The minimum Gasteiger partial charge on any atom is -0.271 e. The van der Waals surface area contributed by atoms with Crippen molar-refractivity contribution in [2.75, 3.05) is 5.75 Å². The molecule has 0 fully saturated rings. The molecule has 18 heavy (non-hydrogen) atoms. The van der Waals surface area contributed by atoms with Crippen LogP contribution in [0.2, 0.25) is 0 Å². The zero-order valence-electron chi connectivity index (χ0n) is 9.84. The Morgan fingerprint density at radius 3 is 2.56 bits per heavy atom. The summed E-state index contributed by atoms with van der Waals surface area (Å²) in [5, 5.41) is 0. The third kappa shape index (κ3) is 3.57. The minimum atomic E-state index is -0.211. The van der Waals surface area contributed by atoms with E-state index in [1.54, 1.807) is 17.8 Å². The smallest absolute Gasteiger partial charge is 0.124 e. The molecule has 0 spiro atoms. The van der Waals surface area contributed by atoms with Gasteiger partial charge in [-0.3, -0.25) is 11.3 Å². The number of thioether (sulfide) groups is 1. The van der Waals surface area contributed by atoms with Crippen molar-refractivity contribution in [3.63, 3.8) is 0 Å². The molecule has 2 rings (SSSR count). The molecule has 2 aromatic carbocycles. The fraction of sp³-hybridized carbons (Fsp3) is 0.143. The van der Waals surface area contributed by atoms with Crippen LogP contribution in [-0.4, -0.2) is 5.75 Å². The molecule has 1 atom stereocenters. The van der Waals surface area contributed by atoms with Gasteiger partial charge in [0, 0.05) is 10.6 Å². The second-order valence-corrected chi connectivity index (χ2v) is 4.99. The summed E-state index contributed by atoms with van der Waals surface area (Å²) in [4.78, 5) is 0.909. The summed E-state index contributed by atoms with van der Waals surface area (Å²) in [5.41, 5.74) is 3.92. The molecule has 0 aliphatic heterocycles. The van der Waals surface area contributed by atoms with Gasteiger partial charge in [0.2, 0.25) is 0 Å². The average Bonchev–Trinajstić information content (AvgIpc) is 2.41. The second kappa shape index (κ2) is 6.54. The molecular formula is C14H15FN2S. The normalized spacial score (nSPS) is 12.3. The highest BCUT2D eigenvalue weighted by Gasteiger charge is 2.09. The highest BCUT2D eigenvalue weighted by molar-refractivity contribution is 7.99. The molecule has 0 bridgehead atoms. The molecule has 2 aromatic rings. The first-order valence-electron chi connectivity index (χ1n) is 5.69. The van der Waals surface area contributed by atoms with Crippen LogP contribution < -0.4 is 11.3 Å². The number of hydrazine groups is 1. The summed E-state index contributed by atoms with van der Waals surface area (Å²) in [6.45, 7) is 0. The topological polar surface area (TPSA) is 38.0 Å². The molecule has 0 aliphatic carbocycles. The molecule has 0 heterocycles. The van der Waals surface area contributed by atoms with Crippen LogP contribution in [0.5, 0.6) is 0 Å². The number of hydrogen-bond acceptors (Lipinski definition) is 3. The molecule has 0 saturated carbocycles. The van der Waals surface area contributed by atoms with E-state index in [2.05, 4.69) is 5.43 Å². The van der Waals surface area contributed by atoms with Crippen LogP contribution in [-0.2, 0) is 0 Å². The van der Waals surface area contributed by atoms with E-state index in [4.69, 9.17) is 5.84 Å². The van der Waals surface area contributed by atoms with E-state index in [1.165, 1.54) is 12.1 Å². The summed E-state index contributed by atoms with van der Waals surface area (Å²) in [5.74, 6) is 6.10. The van der Waals surface area contributed by atoms with Gasteiger partial charge in [-0.1, -0.05) is 36.4 Å². The molecule has 4 heteroatoms. The number of benzene rings is 2. The maximum Gasteiger partial charge on any atom is 0.124 e. The van der Waals surface area contributed by atoms with Gasteiger partial charge in [-0.05, 0) is 23.8 Å². The maximum atomic E-state index is 13.0. The predicted octanol–water partition coefficient (Wildman–Crippen LogP) is 3.12. The van der Waals surface area contributed by atoms with Gasteiger partial charge in [0.25, 0.3) is 0 Å². The van der Waals surface area contributed by atoms with Gasteiger partial charge in [0.05, 0.1) is 6.04 Å². The van der Waals surface area contributed by atoms with Gasteiger partial charge in [-0.15, -0.1) is 11.8 Å². The van der Waals surface area contributed by atoms with Gasteiger partial charge in [0.15, 0.2) is 0 Å². The largest absolute Gasteiger partial charge is 0.271 e. The highest BCUT2D eigenvalue weighted by Crippen LogP contribution is 2.24. The predicted molar refractivity (Wildman–Crippen MR) is 73.6 cm³/mol. The van der Waals surface area contributed by atoms with Crippen LogP contribution >= 0.6 is 11.8 Å². The number of rotatable bonds is 5. The lowest BCUT2D eigenvalue weighted by atomic mass is 10.1. The lowest BCUT2D eigenvalue weighted by Gasteiger charge is -2.15. The van der Waals surface area contributed by atoms with Gasteiger partial charge < -0.3 is 0 Å². The molecule has 0 aliphatic rings. The molecule has 0 saturated heterocycles. The van der Waals surface area contributed by atoms with Crippen molar-refractivity contribution in [3.05, 3.63) is 66.0 Å². The SMILES string of the molecule is NNC(CSc1cccc(F)c1)c1ccccc1. The molecule has 94 valence electrons. The molecular weight excluding hydrogens is 247 g/mol. The summed E-state index contributed by atoms with van der Waals surface area (Å²) >= 11 is 1.58. The van der Waals surface area contributed by atoms with E-state index in [0.717, 1.165) is 16.2 Å². The van der Waals surface area contributed by atoms with Crippen LogP contribution in [0.4, 0.5) is 4.39 Å². The Balaban J connectivity index is 2.00. The van der Waals surface area contributed by atoms with E-state index in [9.17, 15) is 4.39 Å². The summed E-state index contributed by atoms with van der Waals surface area (Å²) in [6, 6.07) is 16.6. The van der Waals surface area contributed by atoms with Crippen molar-refractivity contribution in [2.24, 2.45) is 5.84 Å². The summed E-state index contributed by atoms with van der Waals surface area (Å²) < 4.78 is 13.0. The Morgan fingerprint density at radius 1 is 1.11 bits per heavy atom. The Labute approximate surface area is 110 Å². The van der Waals surface area contributed by atoms with Crippen LogP contribution in [0.3, 0.4) is 0 Å². The van der Waals surface area contributed by atoms with Crippen molar-refractivity contribution in [1.29, 1.82) is 0 Å². The Kier molecular flexibility index (Phi) is 4.75. The first kappa shape index (κ1) is 13.1. The fourth-order valence-electron chi connectivity index (χ4n) is 1.66. The molecule has 0 radical (unpaired) electrons. The Morgan fingerprint density at radius 2 is 1.89 bits per heavy atom. The molecule has 0 amide bonds. The van der Waals surface area contributed by atoms with E-state index in [-0.39, 0.29) is 11.9 Å². The van der Waals surface area contributed by atoms with E-state index < -0.39 is 0 Å². The van der Waals surface area contributed by atoms with Crippen LogP contribution in [0.15, 0.2) is 59.5 Å². The molecule has 1 unspecified atom stereocenters. The number of hydrogen-bond donors (Lipinski definition) is 2. The van der Waals surface area contributed by atoms with Gasteiger partial charge in [0.1, 0.15) is 5.82 Å². The zero-order chi connectivity index (χ0) is 12.8. The average molecular weight is 262 g/mol. The summed E-state index contributed by atoms with van der Waals surface area (Å²) in [6.07, 6.45) is 0. The highest BCUT2D eigenvalue weighted by atomic mass is 32.2. The van der Waals surface area contributed by atoms with E-state index >= 15 is 0 Å². The Hall–Kier alpha value is -1.36.